The molecule has 0 bridgehead atoms. The van der Waals surface area contributed by atoms with Crippen LogP contribution in [0.4, 0.5) is 0 Å². The first-order valence-electron chi connectivity index (χ1n) is 5.75. The average Bonchev–Trinajstić information content (AvgIpc) is 2.94. The fourth-order valence-corrected chi connectivity index (χ4v) is 1.49. The highest BCUT2D eigenvalue weighted by Crippen LogP contribution is 2.11. The van der Waals surface area contributed by atoms with Crippen LogP contribution in [0.5, 0.6) is 0 Å². The number of rotatable bonds is 5. The maximum Gasteiger partial charge on any atom is 0.329 e. The molecule has 0 radical (unpaired) electrons. The van der Waals surface area contributed by atoms with Crippen molar-refractivity contribution >= 4 is 11.9 Å². The quantitative estimate of drug-likeness (QED) is 0.713. The molecule has 20 heavy (non-hydrogen) atoms. The molecule has 0 saturated heterocycles. The Hall–Kier alpha value is -2.74. The number of aromatic nitrogens is 3. The number of nitrogens with two attached hydrogens (primary N) is 2. The van der Waals surface area contributed by atoms with Crippen molar-refractivity contribution in [2.24, 2.45) is 11.5 Å². The summed E-state index contributed by atoms with van der Waals surface area (Å²) in [5, 5.41) is 7.10. The van der Waals surface area contributed by atoms with Gasteiger partial charge in [0, 0.05) is 0 Å². The SMILES string of the molecule is NC(=O)c1cn(COC(=O)[C@H](N)c2ccccc2)nn1. The predicted octanol–water partition coefficient (Wildman–Crippen LogP) is -0.422. The van der Waals surface area contributed by atoms with Gasteiger partial charge in [0.05, 0.1) is 6.20 Å². The van der Waals surface area contributed by atoms with E-state index in [0.717, 1.165) is 0 Å². The molecule has 0 aliphatic carbocycles. The first-order chi connectivity index (χ1) is 9.58. The van der Waals surface area contributed by atoms with Crippen LogP contribution in [0.2, 0.25) is 0 Å². The standard InChI is InChI=1S/C12H13N5O3/c13-10(8-4-2-1-3-5-8)12(19)20-7-17-6-9(11(14)18)15-16-17/h1-6,10H,7,13H2,(H2,14,18)/t10-/m1/s1. The van der Waals surface area contributed by atoms with E-state index in [0.29, 0.717) is 5.56 Å². The Bertz CT molecular complexity index is 611. The lowest BCUT2D eigenvalue weighted by atomic mass is 10.1. The van der Waals surface area contributed by atoms with Crippen LogP contribution in [-0.2, 0) is 16.3 Å². The van der Waals surface area contributed by atoms with Crippen LogP contribution in [0.3, 0.4) is 0 Å². The van der Waals surface area contributed by atoms with Gasteiger partial charge in [0.2, 0.25) is 0 Å². The van der Waals surface area contributed by atoms with Crippen LogP contribution in [-0.4, -0.2) is 26.9 Å². The highest BCUT2D eigenvalue weighted by atomic mass is 16.5. The third-order valence-electron chi connectivity index (χ3n) is 2.54. The Kier molecular flexibility index (Phi) is 4.06. The number of hydrogen-bond acceptors (Lipinski definition) is 6. The van der Waals surface area contributed by atoms with Gasteiger partial charge in [0.15, 0.2) is 12.4 Å². The largest absolute Gasteiger partial charge is 0.441 e. The summed E-state index contributed by atoms with van der Waals surface area (Å²) in [6.45, 7) is -0.195. The normalized spacial score (nSPS) is 11.8. The van der Waals surface area contributed by atoms with Crippen LogP contribution in [0.1, 0.15) is 22.1 Å². The van der Waals surface area contributed by atoms with E-state index in [4.69, 9.17) is 16.2 Å². The van der Waals surface area contributed by atoms with Crippen molar-refractivity contribution < 1.29 is 14.3 Å². The molecule has 0 saturated carbocycles. The van der Waals surface area contributed by atoms with Crippen molar-refractivity contribution in [2.75, 3.05) is 0 Å². The number of primary amides is 1. The van der Waals surface area contributed by atoms with Gasteiger partial charge in [-0.3, -0.25) is 4.79 Å². The van der Waals surface area contributed by atoms with Gasteiger partial charge in [-0.2, -0.15) is 0 Å². The zero-order valence-electron chi connectivity index (χ0n) is 10.5. The Balaban J connectivity index is 1.93. The molecule has 0 aliphatic rings. The number of carbonyl (C=O) groups is 2. The molecule has 2 aromatic rings. The zero-order valence-corrected chi connectivity index (χ0v) is 10.5. The smallest absolute Gasteiger partial charge is 0.329 e. The van der Waals surface area contributed by atoms with E-state index in [1.54, 1.807) is 24.3 Å². The maximum atomic E-state index is 11.8. The highest BCUT2D eigenvalue weighted by Gasteiger charge is 2.17. The second-order valence-corrected chi connectivity index (χ2v) is 3.99. The summed E-state index contributed by atoms with van der Waals surface area (Å²) < 4.78 is 6.16. The molecule has 0 spiro atoms. The minimum atomic E-state index is -0.879. The minimum absolute atomic E-state index is 0.00610. The summed E-state index contributed by atoms with van der Waals surface area (Å²) in [5.41, 5.74) is 11.4. The van der Waals surface area contributed by atoms with Crippen LogP contribution in [0.15, 0.2) is 36.5 Å². The average molecular weight is 275 g/mol. The van der Waals surface area contributed by atoms with Crippen LogP contribution in [0, 0.1) is 0 Å². The van der Waals surface area contributed by atoms with Crippen molar-refractivity contribution in [3.05, 3.63) is 47.8 Å². The molecule has 1 heterocycles. The molecular weight excluding hydrogens is 262 g/mol. The van der Waals surface area contributed by atoms with Crippen molar-refractivity contribution in [3.63, 3.8) is 0 Å². The summed E-state index contributed by atoms with van der Waals surface area (Å²) in [6, 6.07) is 7.95. The van der Waals surface area contributed by atoms with E-state index in [1.165, 1.54) is 10.9 Å². The molecule has 0 unspecified atom stereocenters. The van der Waals surface area contributed by atoms with E-state index in [9.17, 15) is 9.59 Å². The van der Waals surface area contributed by atoms with Crippen molar-refractivity contribution in [1.82, 2.24) is 15.0 Å². The van der Waals surface area contributed by atoms with Crippen molar-refractivity contribution in [2.45, 2.75) is 12.8 Å². The second kappa shape index (κ2) is 5.93. The van der Waals surface area contributed by atoms with Crippen LogP contribution >= 0.6 is 0 Å². The third-order valence-corrected chi connectivity index (χ3v) is 2.54. The number of esters is 1. The van der Waals surface area contributed by atoms with Gasteiger partial charge in [-0.25, -0.2) is 9.48 Å². The van der Waals surface area contributed by atoms with Gasteiger partial charge in [0.1, 0.15) is 6.04 Å². The van der Waals surface area contributed by atoms with E-state index < -0.39 is 17.9 Å². The Morgan fingerprint density at radius 2 is 2.00 bits per heavy atom. The monoisotopic (exact) mass is 275 g/mol. The Labute approximate surface area is 114 Å². The molecule has 1 atom stereocenters. The van der Waals surface area contributed by atoms with Gasteiger partial charge in [-0.15, -0.1) is 5.10 Å². The lowest BCUT2D eigenvalue weighted by Gasteiger charge is -2.11. The predicted molar refractivity (Wildman–Crippen MR) is 68.0 cm³/mol. The van der Waals surface area contributed by atoms with Gasteiger partial charge >= 0.3 is 5.97 Å². The fraction of sp³-hybridized carbons (Fsp3) is 0.167. The number of ether oxygens (including phenoxy) is 1. The zero-order chi connectivity index (χ0) is 14.5. The molecule has 1 aromatic heterocycles. The van der Waals surface area contributed by atoms with Crippen molar-refractivity contribution in [1.29, 1.82) is 0 Å². The van der Waals surface area contributed by atoms with Crippen LogP contribution < -0.4 is 11.5 Å². The molecule has 8 nitrogen and oxygen atoms in total. The van der Waals surface area contributed by atoms with E-state index >= 15 is 0 Å². The second-order valence-electron chi connectivity index (χ2n) is 3.99. The molecule has 2 rings (SSSR count). The molecule has 1 amide bonds. The summed E-state index contributed by atoms with van der Waals surface area (Å²) in [5.74, 6) is -1.31. The Morgan fingerprint density at radius 3 is 2.60 bits per heavy atom. The number of amides is 1. The first kappa shape index (κ1) is 13.7. The molecule has 104 valence electrons. The molecule has 8 heteroatoms. The molecule has 4 N–H and O–H groups in total. The van der Waals surface area contributed by atoms with Gasteiger partial charge < -0.3 is 16.2 Å². The molecule has 0 aliphatic heterocycles. The fourth-order valence-electron chi connectivity index (χ4n) is 1.49. The highest BCUT2D eigenvalue weighted by molar-refractivity contribution is 5.90. The van der Waals surface area contributed by atoms with Gasteiger partial charge in [-0.1, -0.05) is 35.5 Å². The summed E-state index contributed by atoms with van der Waals surface area (Å²) >= 11 is 0. The minimum Gasteiger partial charge on any atom is -0.441 e. The number of nitrogens with zero attached hydrogens (tertiary/aromatic N) is 3. The maximum absolute atomic E-state index is 11.8. The molecule has 1 aromatic carbocycles. The molecule has 0 fully saturated rings. The van der Waals surface area contributed by atoms with E-state index in [2.05, 4.69) is 10.3 Å². The topological polar surface area (TPSA) is 126 Å². The van der Waals surface area contributed by atoms with Gasteiger partial charge in [0.25, 0.3) is 5.91 Å². The summed E-state index contributed by atoms with van der Waals surface area (Å²) in [7, 11) is 0. The van der Waals surface area contributed by atoms with Crippen molar-refractivity contribution in [3.8, 4) is 0 Å². The summed E-state index contributed by atoms with van der Waals surface area (Å²) in [4.78, 5) is 22.6. The van der Waals surface area contributed by atoms with Crippen LogP contribution in [0.25, 0.3) is 0 Å². The van der Waals surface area contributed by atoms with E-state index in [-0.39, 0.29) is 12.4 Å². The summed E-state index contributed by atoms with van der Waals surface area (Å²) in [6.07, 6.45) is 1.28. The van der Waals surface area contributed by atoms with Gasteiger partial charge in [-0.05, 0) is 5.56 Å². The van der Waals surface area contributed by atoms with E-state index in [1.807, 2.05) is 6.07 Å². The Morgan fingerprint density at radius 1 is 1.30 bits per heavy atom. The third kappa shape index (κ3) is 3.18. The molecular formula is C12H13N5O3. The first-order valence-corrected chi connectivity index (χ1v) is 5.75. The lowest BCUT2D eigenvalue weighted by molar-refractivity contribution is -0.149. The lowest BCUT2D eigenvalue weighted by Crippen LogP contribution is -2.24. The number of hydrogen-bond donors (Lipinski definition) is 2. The number of benzene rings is 1. The number of carbonyl (C=O) groups excluding carboxylic acids is 2.